The zero-order valence-corrected chi connectivity index (χ0v) is 15.3. The van der Waals surface area contributed by atoms with E-state index in [9.17, 15) is 23.6 Å². The van der Waals surface area contributed by atoms with E-state index in [0.717, 1.165) is 4.90 Å². The second kappa shape index (κ2) is 7.59. The molecule has 0 radical (unpaired) electrons. The molecule has 144 valence electrons. The van der Waals surface area contributed by atoms with Crippen molar-refractivity contribution in [1.29, 1.82) is 0 Å². The number of carbonyl (C=O) groups excluding carboxylic acids is 4. The monoisotopic (exact) mass is 384 g/mol. The Kier molecular flexibility index (Phi) is 5.21. The lowest BCUT2D eigenvalue weighted by atomic mass is 10.1. The molecule has 0 unspecified atom stereocenters. The molecule has 0 N–H and O–H groups in total. The summed E-state index contributed by atoms with van der Waals surface area (Å²) in [5.41, 5.74) is 1.01. The Morgan fingerprint density at radius 2 is 1.79 bits per heavy atom. The smallest absolute Gasteiger partial charge is 0.338 e. The van der Waals surface area contributed by atoms with Gasteiger partial charge in [-0.25, -0.2) is 9.18 Å². The number of amides is 3. The molecule has 0 bridgehead atoms. The van der Waals surface area contributed by atoms with E-state index in [1.54, 1.807) is 12.1 Å². The normalized spacial score (nSPS) is 12.8. The number of carbonyl (C=O) groups is 4. The number of imide groups is 1. The van der Waals surface area contributed by atoms with Crippen LogP contribution in [-0.4, -0.2) is 54.2 Å². The highest BCUT2D eigenvalue weighted by molar-refractivity contribution is 6.21. The van der Waals surface area contributed by atoms with E-state index in [2.05, 4.69) is 0 Å². The van der Waals surface area contributed by atoms with E-state index < -0.39 is 36.1 Å². The lowest BCUT2D eigenvalue weighted by molar-refractivity contribution is -0.133. The summed E-state index contributed by atoms with van der Waals surface area (Å²) >= 11 is 0. The SMILES string of the molecule is CN(Cc1cccc(F)c1)C(=O)COC(=O)c1ccc2c(c1)C(=O)N(C)C2=O. The molecule has 2 aromatic rings. The number of hydrogen-bond acceptors (Lipinski definition) is 5. The fourth-order valence-corrected chi connectivity index (χ4v) is 2.81. The van der Waals surface area contributed by atoms with E-state index in [1.165, 1.54) is 49.3 Å². The molecule has 3 rings (SSSR count). The van der Waals surface area contributed by atoms with Gasteiger partial charge in [0.05, 0.1) is 16.7 Å². The molecular formula is C20H17FN2O5. The summed E-state index contributed by atoms with van der Waals surface area (Å²) in [7, 11) is 2.87. The first-order chi connectivity index (χ1) is 13.3. The molecule has 28 heavy (non-hydrogen) atoms. The van der Waals surface area contributed by atoms with Crippen LogP contribution < -0.4 is 0 Å². The molecule has 8 heteroatoms. The number of ether oxygens (including phenoxy) is 1. The van der Waals surface area contributed by atoms with Crippen molar-refractivity contribution in [3.05, 3.63) is 70.5 Å². The summed E-state index contributed by atoms with van der Waals surface area (Å²) in [4.78, 5) is 50.5. The number of fused-ring (bicyclic) bond motifs is 1. The molecule has 2 aromatic carbocycles. The Morgan fingerprint density at radius 1 is 1.07 bits per heavy atom. The summed E-state index contributed by atoms with van der Waals surface area (Å²) in [6.45, 7) is -0.343. The maximum atomic E-state index is 13.2. The molecule has 0 fully saturated rings. The van der Waals surface area contributed by atoms with E-state index in [4.69, 9.17) is 4.74 Å². The van der Waals surface area contributed by atoms with E-state index >= 15 is 0 Å². The summed E-state index contributed by atoms with van der Waals surface area (Å²) in [6.07, 6.45) is 0. The van der Waals surface area contributed by atoms with E-state index in [0.29, 0.717) is 5.56 Å². The number of esters is 1. The van der Waals surface area contributed by atoms with Gasteiger partial charge in [0.15, 0.2) is 6.61 Å². The highest BCUT2D eigenvalue weighted by Crippen LogP contribution is 2.23. The minimum atomic E-state index is -0.787. The highest BCUT2D eigenvalue weighted by atomic mass is 19.1. The van der Waals surface area contributed by atoms with Crippen molar-refractivity contribution in [3.8, 4) is 0 Å². The van der Waals surface area contributed by atoms with Crippen LogP contribution in [0.4, 0.5) is 4.39 Å². The first-order valence-corrected chi connectivity index (χ1v) is 8.40. The third-order valence-electron chi connectivity index (χ3n) is 4.39. The molecule has 0 saturated carbocycles. The van der Waals surface area contributed by atoms with Gasteiger partial charge in [-0.1, -0.05) is 12.1 Å². The number of halogens is 1. The third-order valence-corrected chi connectivity index (χ3v) is 4.39. The molecule has 1 aliphatic heterocycles. The molecule has 0 aliphatic carbocycles. The van der Waals surface area contributed by atoms with Gasteiger partial charge in [-0.2, -0.15) is 0 Å². The predicted molar refractivity (Wildman–Crippen MR) is 96.0 cm³/mol. The van der Waals surface area contributed by atoms with Crippen molar-refractivity contribution in [3.63, 3.8) is 0 Å². The Bertz CT molecular complexity index is 988. The Labute approximate surface area is 160 Å². The van der Waals surface area contributed by atoms with Crippen LogP contribution in [0.2, 0.25) is 0 Å². The molecule has 1 heterocycles. The minimum Gasteiger partial charge on any atom is -0.452 e. The van der Waals surface area contributed by atoms with E-state index in [-0.39, 0.29) is 23.2 Å². The van der Waals surface area contributed by atoms with Gasteiger partial charge in [-0.15, -0.1) is 0 Å². The molecule has 3 amide bonds. The van der Waals surface area contributed by atoms with Crippen LogP contribution in [0.1, 0.15) is 36.6 Å². The van der Waals surface area contributed by atoms with Gasteiger partial charge in [0.1, 0.15) is 5.82 Å². The zero-order valence-electron chi connectivity index (χ0n) is 15.3. The van der Waals surface area contributed by atoms with Crippen molar-refractivity contribution < 1.29 is 28.3 Å². The second-order valence-electron chi connectivity index (χ2n) is 6.39. The second-order valence-corrected chi connectivity index (χ2v) is 6.39. The van der Waals surface area contributed by atoms with Gasteiger partial charge >= 0.3 is 5.97 Å². The highest BCUT2D eigenvalue weighted by Gasteiger charge is 2.33. The predicted octanol–water partition coefficient (Wildman–Crippen LogP) is 1.87. The number of hydrogen-bond donors (Lipinski definition) is 0. The van der Waals surface area contributed by atoms with E-state index in [1.807, 2.05) is 0 Å². The van der Waals surface area contributed by atoms with Crippen molar-refractivity contribution >= 4 is 23.7 Å². The van der Waals surface area contributed by atoms with Gasteiger partial charge < -0.3 is 9.64 Å². The van der Waals surface area contributed by atoms with Crippen LogP contribution in [0, 0.1) is 5.82 Å². The van der Waals surface area contributed by atoms with Crippen molar-refractivity contribution in [1.82, 2.24) is 9.80 Å². The van der Waals surface area contributed by atoms with Gasteiger partial charge in [0, 0.05) is 20.6 Å². The van der Waals surface area contributed by atoms with Crippen molar-refractivity contribution in [2.45, 2.75) is 6.54 Å². The molecule has 7 nitrogen and oxygen atoms in total. The fourth-order valence-electron chi connectivity index (χ4n) is 2.81. The standard InChI is InChI=1S/C20H17FN2O5/c1-22(10-12-4-3-5-14(21)8-12)17(24)11-28-20(27)13-6-7-15-16(9-13)19(26)23(2)18(15)25/h3-9H,10-11H2,1-2H3. The van der Waals surface area contributed by atoms with Crippen LogP contribution in [-0.2, 0) is 16.1 Å². The summed E-state index contributed by atoms with van der Waals surface area (Å²) < 4.78 is 18.2. The van der Waals surface area contributed by atoms with Crippen molar-refractivity contribution in [2.75, 3.05) is 20.7 Å². The van der Waals surface area contributed by atoms with Crippen LogP contribution in [0.25, 0.3) is 0 Å². The Morgan fingerprint density at radius 3 is 2.50 bits per heavy atom. The molecular weight excluding hydrogens is 367 g/mol. The van der Waals surface area contributed by atoms with Crippen molar-refractivity contribution in [2.24, 2.45) is 0 Å². The number of nitrogens with zero attached hydrogens (tertiary/aromatic N) is 2. The summed E-state index contributed by atoms with van der Waals surface area (Å²) in [5, 5.41) is 0. The molecule has 0 aromatic heterocycles. The number of likely N-dealkylation sites (N-methyl/N-ethyl adjacent to an activating group) is 1. The minimum absolute atomic E-state index is 0.0655. The maximum Gasteiger partial charge on any atom is 0.338 e. The molecule has 0 atom stereocenters. The summed E-state index contributed by atoms with van der Waals surface area (Å²) in [5.74, 6) is -2.59. The fraction of sp³-hybridized carbons (Fsp3) is 0.200. The van der Waals surface area contributed by atoms with Crippen LogP contribution in [0.15, 0.2) is 42.5 Å². The average Bonchev–Trinajstić information content (AvgIpc) is 2.89. The maximum absolute atomic E-state index is 13.2. The van der Waals surface area contributed by atoms with Gasteiger partial charge in [0.2, 0.25) is 0 Å². The van der Waals surface area contributed by atoms with Gasteiger partial charge in [-0.3, -0.25) is 19.3 Å². The third kappa shape index (κ3) is 3.75. The molecule has 0 saturated heterocycles. The Hall–Kier alpha value is -3.55. The topological polar surface area (TPSA) is 84.0 Å². The zero-order chi connectivity index (χ0) is 20.4. The van der Waals surface area contributed by atoms with Crippen LogP contribution >= 0.6 is 0 Å². The molecule has 1 aliphatic rings. The first-order valence-electron chi connectivity index (χ1n) is 8.40. The van der Waals surface area contributed by atoms with Gasteiger partial charge in [0.25, 0.3) is 17.7 Å². The average molecular weight is 384 g/mol. The number of benzene rings is 2. The lowest BCUT2D eigenvalue weighted by Gasteiger charge is -2.17. The lowest BCUT2D eigenvalue weighted by Crippen LogP contribution is -2.30. The van der Waals surface area contributed by atoms with Crippen LogP contribution in [0.3, 0.4) is 0 Å². The first kappa shape index (κ1) is 19.2. The largest absolute Gasteiger partial charge is 0.452 e. The quantitative estimate of drug-likeness (QED) is 0.580. The molecule has 0 spiro atoms. The number of rotatable bonds is 5. The van der Waals surface area contributed by atoms with Gasteiger partial charge in [-0.05, 0) is 35.9 Å². The van der Waals surface area contributed by atoms with Crippen LogP contribution in [0.5, 0.6) is 0 Å². The summed E-state index contributed by atoms with van der Waals surface area (Å²) in [6, 6.07) is 9.87. The Balaban J connectivity index is 1.60.